The van der Waals surface area contributed by atoms with Crippen LogP contribution in [0.2, 0.25) is 10.0 Å². The second kappa shape index (κ2) is 12.2. The van der Waals surface area contributed by atoms with Crippen molar-refractivity contribution in [3.8, 4) is 0 Å². The van der Waals surface area contributed by atoms with E-state index < -0.39 is 17.1 Å². The SMILES string of the molecule is CC(C)(C)OC(=O)N(CC=O)NCC(CCCI)(c1ccc(Cl)cc1)c1ccc(Cl)cc1. The molecule has 0 aromatic heterocycles. The molecule has 0 spiro atoms. The van der Waals surface area contributed by atoms with Gasteiger partial charge < -0.3 is 9.53 Å². The van der Waals surface area contributed by atoms with Crippen molar-refractivity contribution in [2.24, 2.45) is 0 Å². The first-order chi connectivity index (χ1) is 15.1. The van der Waals surface area contributed by atoms with Gasteiger partial charge in [-0.2, -0.15) is 0 Å². The van der Waals surface area contributed by atoms with Gasteiger partial charge in [-0.1, -0.05) is 70.1 Å². The van der Waals surface area contributed by atoms with Crippen LogP contribution in [0.25, 0.3) is 0 Å². The highest BCUT2D eigenvalue weighted by Crippen LogP contribution is 2.38. The van der Waals surface area contributed by atoms with Crippen molar-refractivity contribution >= 4 is 58.2 Å². The van der Waals surface area contributed by atoms with Crippen LogP contribution in [0, 0.1) is 0 Å². The molecule has 0 aliphatic heterocycles. The molecule has 0 bridgehead atoms. The first-order valence-corrected chi connectivity index (χ1v) is 12.6. The summed E-state index contributed by atoms with van der Waals surface area (Å²) in [6.07, 6.45) is 1.84. The Hall–Kier alpha value is -1.35. The van der Waals surface area contributed by atoms with Gasteiger partial charge in [0.05, 0.1) is 6.54 Å². The lowest BCUT2D eigenvalue weighted by Crippen LogP contribution is -2.51. The molecule has 0 aliphatic rings. The summed E-state index contributed by atoms with van der Waals surface area (Å²) in [5.41, 5.74) is 4.12. The molecule has 2 aromatic rings. The summed E-state index contributed by atoms with van der Waals surface area (Å²) in [6.45, 7) is 5.61. The van der Waals surface area contributed by atoms with Crippen molar-refractivity contribution in [2.45, 2.75) is 44.6 Å². The maximum absolute atomic E-state index is 12.7. The van der Waals surface area contributed by atoms with Crippen LogP contribution in [0.3, 0.4) is 0 Å². The summed E-state index contributed by atoms with van der Waals surface area (Å²) >= 11 is 14.7. The maximum atomic E-state index is 12.7. The van der Waals surface area contributed by atoms with Crippen LogP contribution in [-0.2, 0) is 14.9 Å². The zero-order valence-electron chi connectivity index (χ0n) is 18.5. The zero-order valence-corrected chi connectivity index (χ0v) is 22.2. The molecule has 32 heavy (non-hydrogen) atoms. The van der Waals surface area contributed by atoms with Crippen molar-refractivity contribution in [3.05, 3.63) is 69.7 Å². The molecule has 5 nitrogen and oxygen atoms in total. The van der Waals surface area contributed by atoms with Gasteiger partial charge in [-0.25, -0.2) is 15.2 Å². The molecule has 1 amide bonds. The van der Waals surface area contributed by atoms with Gasteiger partial charge in [-0.05, 0) is 73.4 Å². The van der Waals surface area contributed by atoms with Crippen LogP contribution in [0.4, 0.5) is 4.79 Å². The molecule has 0 aliphatic carbocycles. The second-order valence-electron chi connectivity index (χ2n) is 8.48. The molecule has 174 valence electrons. The van der Waals surface area contributed by atoms with Crippen LogP contribution in [-0.4, -0.2) is 40.5 Å². The van der Waals surface area contributed by atoms with Crippen molar-refractivity contribution in [2.75, 3.05) is 17.5 Å². The highest BCUT2D eigenvalue weighted by molar-refractivity contribution is 14.1. The monoisotopic (exact) mass is 590 g/mol. The zero-order chi connectivity index (χ0) is 23.8. The lowest BCUT2D eigenvalue weighted by molar-refractivity contribution is -0.109. The predicted octanol–water partition coefficient (Wildman–Crippen LogP) is 6.44. The Morgan fingerprint density at radius 2 is 1.53 bits per heavy atom. The maximum Gasteiger partial charge on any atom is 0.425 e. The molecular weight excluding hydrogens is 562 g/mol. The number of alkyl halides is 1. The molecule has 2 rings (SSSR count). The largest absolute Gasteiger partial charge is 0.443 e. The summed E-state index contributed by atoms with van der Waals surface area (Å²) < 4.78 is 6.45. The number of rotatable bonds is 10. The van der Waals surface area contributed by atoms with E-state index in [-0.39, 0.29) is 6.54 Å². The standard InChI is InChI=1S/C24H29Cl2IN2O3/c1-23(2,3)32-22(31)29(15-16-30)28-17-24(13-4-14-27,18-5-9-20(25)10-6-18)19-7-11-21(26)12-8-19/h5-12,16,28H,4,13-15,17H2,1-3H3. The summed E-state index contributed by atoms with van der Waals surface area (Å²) in [5.74, 6) is 0. The molecule has 0 radical (unpaired) electrons. The van der Waals surface area contributed by atoms with Crippen LogP contribution < -0.4 is 5.43 Å². The number of hydrogen-bond acceptors (Lipinski definition) is 4. The molecule has 0 heterocycles. The van der Waals surface area contributed by atoms with Crippen LogP contribution in [0.15, 0.2) is 48.5 Å². The topological polar surface area (TPSA) is 58.6 Å². The third kappa shape index (κ3) is 7.61. The van der Waals surface area contributed by atoms with Crippen molar-refractivity contribution in [1.82, 2.24) is 10.4 Å². The fraction of sp³-hybridized carbons (Fsp3) is 0.417. The first kappa shape index (κ1) is 26.9. The normalized spacial score (nSPS) is 11.8. The number of halogens is 3. The summed E-state index contributed by atoms with van der Waals surface area (Å²) in [6, 6.07) is 15.5. The van der Waals surface area contributed by atoms with Crippen LogP contribution in [0.5, 0.6) is 0 Å². The van der Waals surface area contributed by atoms with Crippen molar-refractivity contribution in [3.63, 3.8) is 0 Å². The van der Waals surface area contributed by atoms with Crippen molar-refractivity contribution < 1.29 is 14.3 Å². The minimum absolute atomic E-state index is 0.126. The Kier molecular flexibility index (Phi) is 10.3. The number of carbonyl (C=O) groups excluding carboxylic acids is 2. The fourth-order valence-corrected chi connectivity index (χ4v) is 4.11. The van der Waals surface area contributed by atoms with E-state index in [4.69, 9.17) is 27.9 Å². The van der Waals surface area contributed by atoms with E-state index in [9.17, 15) is 9.59 Å². The van der Waals surface area contributed by atoms with Crippen molar-refractivity contribution in [1.29, 1.82) is 0 Å². The smallest absolute Gasteiger partial charge is 0.425 e. The number of aldehydes is 1. The van der Waals surface area contributed by atoms with E-state index in [1.54, 1.807) is 20.8 Å². The second-order valence-corrected chi connectivity index (χ2v) is 10.4. The number of nitrogens with zero attached hydrogens (tertiary/aromatic N) is 1. The van der Waals surface area contributed by atoms with E-state index in [0.29, 0.717) is 22.9 Å². The average Bonchev–Trinajstić information content (AvgIpc) is 2.73. The number of benzene rings is 2. The van der Waals surface area contributed by atoms with Gasteiger partial charge in [-0.15, -0.1) is 0 Å². The van der Waals surface area contributed by atoms with Gasteiger partial charge in [0, 0.05) is 22.0 Å². The van der Waals surface area contributed by atoms with E-state index in [0.717, 1.165) is 28.4 Å². The Morgan fingerprint density at radius 3 is 1.94 bits per heavy atom. The highest BCUT2D eigenvalue weighted by Gasteiger charge is 2.35. The molecule has 0 unspecified atom stereocenters. The lowest BCUT2D eigenvalue weighted by atomic mass is 9.71. The Labute approximate surface area is 213 Å². The van der Waals surface area contributed by atoms with Crippen LogP contribution >= 0.6 is 45.8 Å². The number of ether oxygens (including phenoxy) is 1. The van der Waals surface area contributed by atoms with Gasteiger partial charge >= 0.3 is 6.09 Å². The number of nitrogens with one attached hydrogen (secondary N) is 1. The van der Waals surface area contributed by atoms with Gasteiger partial charge in [0.2, 0.25) is 0 Å². The van der Waals surface area contributed by atoms with Gasteiger partial charge in [-0.3, -0.25) is 0 Å². The number of hydrogen-bond donors (Lipinski definition) is 1. The fourth-order valence-electron chi connectivity index (χ4n) is 3.48. The lowest BCUT2D eigenvalue weighted by Gasteiger charge is -2.38. The molecule has 8 heteroatoms. The van der Waals surface area contributed by atoms with Crippen LogP contribution in [0.1, 0.15) is 44.7 Å². The summed E-state index contributed by atoms with van der Waals surface area (Å²) in [5, 5.41) is 2.52. The molecule has 2 aromatic carbocycles. The molecule has 1 N–H and O–H groups in total. The Morgan fingerprint density at radius 1 is 1.03 bits per heavy atom. The number of amides is 1. The summed E-state index contributed by atoms with van der Waals surface area (Å²) in [7, 11) is 0. The van der Waals surface area contributed by atoms with E-state index in [1.165, 1.54) is 5.01 Å². The summed E-state index contributed by atoms with van der Waals surface area (Å²) in [4.78, 5) is 24.0. The Bertz CT molecular complexity index is 838. The third-order valence-electron chi connectivity index (χ3n) is 4.97. The highest BCUT2D eigenvalue weighted by atomic mass is 127. The Balaban J connectivity index is 2.47. The van der Waals surface area contributed by atoms with Gasteiger partial charge in [0.1, 0.15) is 11.9 Å². The minimum Gasteiger partial charge on any atom is -0.443 e. The minimum atomic E-state index is -0.676. The third-order valence-corrected chi connectivity index (χ3v) is 6.24. The molecule has 0 fully saturated rings. The van der Waals surface area contributed by atoms with E-state index >= 15 is 0 Å². The van der Waals surface area contributed by atoms with Gasteiger partial charge in [0.25, 0.3) is 0 Å². The molecule has 0 saturated heterocycles. The molecule has 0 atom stereocenters. The number of carbonyl (C=O) groups is 2. The van der Waals surface area contributed by atoms with Gasteiger partial charge in [0.15, 0.2) is 0 Å². The molecular formula is C24H29Cl2IN2O3. The van der Waals surface area contributed by atoms with E-state index in [1.807, 2.05) is 48.5 Å². The average molecular weight is 591 g/mol. The van der Waals surface area contributed by atoms with E-state index in [2.05, 4.69) is 28.0 Å². The first-order valence-electron chi connectivity index (χ1n) is 10.4. The predicted molar refractivity (Wildman–Crippen MR) is 139 cm³/mol. The molecule has 0 saturated carbocycles. The number of hydrazine groups is 1. The quantitative estimate of drug-likeness (QED) is 0.150.